The number of benzene rings is 2. The fraction of sp³-hybridized carbons (Fsp3) is 0.375. The molecule has 1 aliphatic rings. The lowest BCUT2D eigenvalue weighted by Crippen LogP contribution is -2.09. The Morgan fingerprint density at radius 2 is 1.86 bits per heavy atom. The topological polar surface area (TPSA) is 26.3 Å². The standard InChI is InChI=1S/C24H28FO2P/c1-16-12-23(24(28)14-19(16)9-6-17(2)26)27-15-21-5-3-4-20(21)13-18-7-10-22(25)11-8-18/h7-8,10-12,14H,3-6,9,13,15,28H2,1-2H3. The molecule has 0 heterocycles. The van der Waals surface area contributed by atoms with Crippen LogP contribution in [0.3, 0.4) is 0 Å². The summed E-state index contributed by atoms with van der Waals surface area (Å²) < 4.78 is 19.3. The maximum absolute atomic E-state index is 13.1. The van der Waals surface area contributed by atoms with Gasteiger partial charge in [-0.2, -0.15) is 0 Å². The summed E-state index contributed by atoms with van der Waals surface area (Å²) in [6.07, 6.45) is 5.54. The van der Waals surface area contributed by atoms with Gasteiger partial charge in [0.25, 0.3) is 0 Å². The summed E-state index contributed by atoms with van der Waals surface area (Å²) in [6.45, 7) is 4.30. The number of allylic oxidation sites excluding steroid dienone is 1. The van der Waals surface area contributed by atoms with Gasteiger partial charge in [-0.15, -0.1) is 9.24 Å². The number of rotatable bonds is 8. The van der Waals surface area contributed by atoms with Crippen molar-refractivity contribution in [2.75, 3.05) is 6.61 Å². The fourth-order valence-electron chi connectivity index (χ4n) is 3.72. The highest BCUT2D eigenvalue weighted by atomic mass is 31.0. The Morgan fingerprint density at radius 1 is 1.14 bits per heavy atom. The smallest absolute Gasteiger partial charge is 0.130 e. The lowest BCUT2D eigenvalue weighted by molar-refractivity contribution is -0.116. The van der Waals surface area contributed by atoms with Crippen molar-refractivity contribution in [2.45, 2.75) is 52.4 Å². The van der Waals surface area contributed by atoms with Gasteiger partial charge >= 0.3 is 0 Å². The van der Waals surface area contributed by atoms with E-state index in [1.807, 2.05) is 12.1 Å². The van der Waals surface area contributed by atoms with Gasteiger partial charge in [-0.3, -0.25) is 0 Å². The van der Waals surface area contributed by atoms with Crippen LogP contribution in [0.2, 0.25) is 0 Å². The van der Waals surface area contributed by atoms with Crippen LogP contribution in [0, 0.1) is 12.7 Å². The molecule has 4 heteroatoms. The van der Waals surface area contributed by atoms with Crippen LogP contribution in [0.4, 0.5) is 4.39 Å². The Kier molecular flexibility index (Phi) is 7.02. The maximum atomic E-state index is 13.1. The zero-order valence-corrected chi connectivity index (χ0v) is 17.8. The van der Waals surface area contributed by atoms with Crippen molar-refractivity contribution < 1.29 is 13.9 Å². The highest BCUT2D eigenvalue weighted by molar-refractivity contribution is 7.27. The number of Topliss-reactive ketones (excluding diaryl/α,β-unsaturated/α-hetero) is 1. The molecule has 0 spiro atoms. The predicted octanol–water partition coefficient (Wildman–Crippen LogP) is 5.26. The van der Waals surface area contributed by atoms with E-state index < -0.39 is 0 Å². The number of ether oxygens (including phenoxy) is 1. The largest absolute Gasteiger partial charge is 0.489 e. The number of aryl methyl sites for hydroxylation is 2. The molecule has 0 saturated carbocycles. The summed E-state index contributed by atoms with van der Waals surface area (Å²) in [7, 11) is 2.75. The Hall–Kier alpha value is -1.99. The number of ketones is 1. The summed E-state index contributed by atoms with van der Waals surface area (Å²) >= 11 is 0. The number of hydrogen-bond acceptors (Lipinski definition) is 2. The van der Waals surface area contributed by atoms with Crippen LogP contribution in [-0.4, -0.2) is 12.4 Å². The molecule has 0 N–H and O–H groups in total. The molecule has 2 aromatic carbocycles. The van der Waals surface area contributed by atoms with E-state index in [0.717, 1.165) is 54.3 Å². The first-order chi connectivity index (χ1) is 13.4. The monoisotopic (exact) mass is 398 g/mol. The molecule has 0 radical (unpaired) electrons. The molecule has 2 aromatic rings. The van der Waals surface area contributed by atoms with E-state index in [0.29, 0.717) is 13.0 Å². The molecule has 0 aromatic heterocycles. The number of hydrogen-bond donors (Lipinski definition) is 0. The molecule has 1 aliphatic carbocycles. The van der Waals surface area contributed by atoms with E-state index in [9.17, 15) is 9.18 Å². The third-order valence-electron chi connectivity index (χ3n) is 5.40. The van der Waals surface area contributed by atoms with Gasteiger partial charge in [-0.25, -0.2) is 4.39 Å². The molecule has 0 saturated heterocycles. The van der Waals surface area contributed by atoms with Crippen molar-refractivity contribution in [3.63, 3.8) is 0 Å². The van der Waals surface area contributed by atoms with Gasteiger partial charge in [0.15, 0.2) is 0 Å². The SMILES string of the molecule is CC(=O)CCc1cc(P)c(OCC2=C(Cc3ccc(F)cc3)CCC2)cc1C. The lowest BCUT2D eigenvalue weighted by Gasteiger charge is -2.15. The highest BCUT2D eigenvalue weighted by Gasteiger charge is 2.16. The molecule has 148 valence electrons. The van der Waals surface area contributed by atoms with Crippen LogP contribution in [0.25, 0.3) is 0 Å². The Morgan fingerprint density at radius 3 is 2.57 bits per heavy atom. The maximum Gasteiger partial charge on any atom is 0.130 e. The van der Waals surface area contributed by atoms with Crippen molar-refractivity contribution in [3.8, 4) is 5.75 Å². The van der Waals surface area contributed by atoms with Crippen LogP contribution >= 0.6 is 9.24 Å². The minimum atomic E-state index is -0.192. The fourth-order valence-corrected chi connectivity index (χ4v) is 4.09. The summed E-state index contributed by atoms with van der Waals surface area (Å²) in [5.41, 5.74) is 6.30. The Labute approximate surface area is 169 Å². The first-order valence-electron chi connectivity index (χ1n) is 9.88. The van der Waals surface area contributed by atoms with Crippen molar-refractivity contribution >= 4 is 20.3 Å². The summed E-state index contributed by atoms with van der Waals surface area (Å²) in [4.78, 5) is 11.3. The minimum Gasteiger partial charge on any atom is -0.489 e. The van der Waals surface area contributed by atoms with E-state index in [1.54, 1.807) is 6.92 Å². The number of carbonyl (C=O) groups excluding carboxylic acids is 1. The first kappa shape index (κ1) is 20.7. The van der Waals surface area contributed by atoms with Crippen molar-refractivity contribution in [3.05, 3.63) is 70.1 Å². The van der Waals surface area contributed by atoms with E-state index in [2.05, 4.69) is 28.3 Å². The van der Waals surface area contributed by atoms with Crippen LogP contribution in [0.15, 0.2) is 47.5 Å². The van der Waals surface area contributed by atoms with Crippen molar-refractivity contribution in [2.24, 2.45) is 0 Å². The average molecular weight is 398 g/mol. The molecule has 28 heavy (non-hydrogen) atoms. The molecule has 2 nitrogen and oxygen atoms in total. The highest BCUT2D eigenvalue weighted by Crippen LogP contribution is 2.30. The van der Waals surface area contributed by atoms with Crippen molar-refractivity contribution in [1.29, 1.82) is 0 Å². The normalized spacial score (nSPS) is 13.9. The second kappa shape index (κ2) is 9.47. The van der Waals surface area contributed by atoms with Crippen LogP contribution in [0.1, 0.15) is 49.3 Å². The van der Waals surface area contributed by atoms with E-state index in [1.165, 1.54) is 28.8 Å². The van der Waals surface area contributed by atoms with Gasteiger partial charge in [0.05, 0.1) is 0 Å². The third kappa shape index (κ3) is 5.52. The molecule has 0 aliphatic heterocycles. The van der Waals surface area contributed by atoms with Gasteiger partial charge in [0.2, 0.25) is 0 Å². The Balaban J connectivity index is 1.67. The summed E-state index contributed by atoms with van der Waals surface area (Å²) in [6, 6.07) is 11.0. The molecule has 1 unspecified atom stereocenters. The summed E-state index contributed by atoms with van der Waals surface area (Å²) in [5, 5.41) is 1.03. The zero-order valence-electron chi connectivity index (χ0n) is 16.7. The van der Waals surface area contributed by atoms with Crippen LogP contribution in [-0.2, 0) is 17.6 Å². The lowest BCUT2D eigenvalue weighted by atomic mass is 10.0. The average Bonchev–Trinajstić information content (AvgIpc) is 3.09. The van der Waals surface area contributed by atoms with Gasteiger partial charge in [0.1, 0.15) is 24.0 Å². The molecular weight excluding hydrogens is 370 g/mol. The second-order valence-corrected chi connectivity index (χ2v) is 8.29. The number of halogens is 1. The van der Waals surface area contributed by atoms with Crippen molar-refractivity contribution in [1.82, 2.24) is 0 Å². The van der Waals surface area contributed by atoms with E-state index in [-0.39, 0.29) is 11.6 Å². The Bertz CT molecular complexity index is 884. The second-order valence-electron chi connectivity index (χ2n) is 7.67. The number of carbonyl (C=O) groups is 1. The van der Waals surface area contributed by atoms with Crippen LogP contribution < -0.4 is 10.0 Å². The van der Waals surface area contributed by atoms with Gasteiger partial charge in [-0.1, -0.05) is 17.7 Å². The molecule has 3 rings (SSSR count). The van der Waals surface area contributed by atoms with E-state index in [4.69, 9.17) is 4.74 Å². The predicted molar refractivity (Wildman–Crippen MR) is 116 cm³/mol. The zero-order chi connectivity index (χ0) is 20.1. The first-order valence-corrected chi connectivity index (χ1v) is 10.5. The minimum absolute atomic E-state index is 0.192. The molecule has 0 bridgehead atoms. The quantitative estimate of drug-likeness (QED) is 0.448. The van der Waals surface area contributed by atoms with Gasteiger partial charge in [0, 0.05) is 11.7 Å². The third-order valence-corrected chi connectivity index (χ3v) is 5.86. The van der Waals surface area contributed by atoms with Gasteiger partial charge in [-0.05, 0) is 92.5 Å². The van der Waals surface area contributed by atoms with Crippen LogP contribution in [0.5, 0.6) is 5.75 Å². The molecular formula is C24H28FO2P. The molecule has 1 atom stereocenters. The van der Waals surface area contributed by atoms with E-state index >= 15 is 0 Å². The molecule has 0 fully saturated rings. The van der Waals surface area contributed by atoms with Gasteiger partial charge < -0.3 is 9.53 Å². The molecule has 0 amide bonds. The summed E-state index contributed by atoms with van der Waals surface area (Å²) in [5.74, 6) is 0.907.